The molecule has 1 aromatic heterocycles. The molecule has 3 heterocycles. The maximum Gasteiger partial charge on any atom is 0.326 e. The monoisotopic (exact) mass is 952 g/mol. The Bertz CT molecular complexity index is 2070. The highest BCUT2D eigenvalue weighted by molar-refractivity contribution is 5.98. The molecule has 2 saturated heterocycles. The molecule has 23 nitrogen and oxygen atoms in total. The van der Waals surface area contributed by atoms with E-state index in [9.17, 15) is 48.6 Å². The number of carbonyl (C=O) groups is 8. The lowest BCUT2D eigenvalue weighted by molar-refractivity contribution is -0.150. The Morgan fingerprint density at radius 1 is 0.779 bits per heavy atom. The zero-order valence-corrected chi connectivity index (χ0v) is 39.2. The number of carboxylic acid groups (broad SMARTS) is 1. The van der Waals surface area contributed by atoms with Crippen LogP contribution in [0.15, 0.2) is 47.8 Å². The Kier molecular flexibility index (Phi) is 20.7. The lowest BCUT2D eigenvalue weighted by Gasteiger charge is -2.33. The van der Waals surface area contributed by atoms with Gasteiger partial charge in [-0.05, 0) is 62.3 Å². The Morgan fingerprint density at radius 3 is 1.97 bits per heavy atom. The van der Waals surface area contributed by atoms with Gasteiger partial charge in [-0.3, -0.25) is 38.6 Å². The van der Waals surface area contributed by atoms with Crippen LogP contribution in [0.5, 0.6) is 0 Å². The van der Waals surface area contributed by atoms with Crippen molar-refractivity contribution in [3.8, 4) is 0 Å². The first kappa shape index (κ1) is 54.0. The van der Waals surface area contributed by atoms with Gasteiger partial charge in [-0.15, -0.1) is 0 Å². The number of benzene rings is 1. The molecule has 14 N–H and O–H groups in total. The maximum absolute atomic E-state index is 14.4. The number of aliphatic hydroxyl groups is 1. The molecule has 68 heavy (non-hydrogen) atoms. The topological polar surface area (TPSA) is 363 Å². The van der Waals surface area contributed by atoms with Gasteiger partial charge in [0.05, 0.1) is 19.0 Å². The van der Waals surface area contributed by atoms with E-state index < -0.39 is 108 Å². The van der Waals surface area contributed by atoms with Crippen LogP contribution >= 0.6 is 0 Å². The zero-order valence-electron chi connectivity index (χ0n) is 39.2. The van der Waals surface area contributed by atoms with Gasteiger partial charge in [0.1, 0.15) is 42.3 Å². The quantitative estimate of drug-likeness (QED) is 0.0285. The van der Waals surface area contributed by atoms with Crippen LogP contribution in [0.25, 0.3) is 0 Å². The number of guanidine groups is 1. The van der Waals surface area contributed by atoms with Gasteiger partial charge in [0, 0.05) is 44.4 Å². The maximum atomic E-state index is 14.4. The van der Waals surface area contributed by atoms with Crippen LogP contribution < -0.4 is 43.8 Å². The molecule has 23 heteroatoms. The number of aromatic amines is 1. The Hall–Kier alpha value is -6.62. The van der Waals surface area contributed by atoms with Crippen molar-refractivity contribution in [2.75, 3.05) is 26.2 Å². The van der Waals surface area contributed by atoms with Crippen LogP contribution in [0.3, 0.4) is 0 Å². The summed E-state index contributed by atoms with van der Waals surface area (Å²) < 4.78 is 0. The summed E-state index contributed by atoms with van der Waals surface area (Å²) in [5.41, 5.74) is 18.3. The van der Waals surface area contributed by atoms with Crippen molar-refractivity contribution in [3.63, 3.8) is 0 Å². The van der Waals surface area contributed by atoms with Gasteiger partial charge < -0.3 is 68.8 Å². The Labute approximate surface area is 395 Å². The molecule has 374 valence electrons. The molecular formula is C45H69N13O10. The molecule has 4 rings (SSSR count). The van der Waals surface area contributed by atoms with Gasteiger partial charge >= 0.3 is 5.97 Å². The Morgan fingerprint density at radius 2 is 1.38 bits per heavy atom. The summed E-state index contributed by atoms with van der Waals surface area (Å²) in [6, 6.07) is -0.599. The minimum Gasteiger partial charge on any atom is -0.480 e. The normalized spacial score (nSPS) is 18.4. The average Bonchev–Trinajstić information content (AvgIpc) is 4.11. The van der Waals surface area contributed by atoms with Gasteiger partial charge in [-0.25, -0.2) is 9.78 Å². The number of carbonyl (C=O) groups excluding carboxylic acids is 7. The first-order chi connectivity index (χ1) is 32.3. The molecule has 0 spiro atoms. The van der Waals surface area contributed by atoms with Crippen molar-refractivity contribution < 1.29 is 48.6 Å². The summed E-state index contributed by atoms with van der Waals surface area (Å²) in [6.07, 6.45) is 4.76. The average molecular weight is 952 g/mol. The highest BCUT2D eigenvalue weighted by Crippen LogP contribution is 2.23. The SMILES string of the molecule is CC(C)C[C@H](N)C(=O)N[C@@H](Cc1cnc[nH]1)C(=O)N[C@@H](CO)C(=O)N[C@@H](CCCN=C(N)N)C(=O)N[C@H](C(=O)N1CCC[C@H]1C(=O)N[C@@H](Cc1ccccc1)C(=O)N1CCC[C@H]1C(=O)O)C(C)C. The second-order valence-electron chi connectivity index (χ2n) is 18.0. The summed E-state index contributed by atoms with van der Waals surface area (Å²) in [5.74, 6) is -6.74. The number of aliphatic hydroxyl groups excluding tert-OH is 1. The van der Waals surface area contributed by atoms with Crippen molar-refractivity contribution in [1.82, 2.24) is 46.4 Å². The number of H-pyrrole nitrogens is 1. The first-order valence-electron chi connectivity index (χ1n) is 23.1. The molecule has 0 unspecified atom stereocenters. The van der Waals surface area contributed by atoms with Crippen molar-refractivity contribution in [1.29, 1.82) is 0 Å². The number of aliphatic imine (C=N–C) groups is 1. The van der Waals surface area contributed by atoms with E-state index in [4.69, 9.17) is 17.2 Å². The van der Waals surface area contributed by atoms with Gasteiger partial charge in [0.25, 0.3) is 0 Å². The van der Waals surface area contributed by atoms with Gasteiger partial charge in [-0.2, -0.15) is 0 Å². The van der Waals surface area contributed by atoms with E-state index in [0.29, 0.717) is 25.0 Å². The van der Waals surface area contributed by atoms with Crippen LogP contribution in [0, 0.1) is 11.8 Å². The van der Waals surface area contributed by atoms with Crippen LogP contribution in [0.4, 0.5) is 0 Å². The fourth-order valence-electron chi connectivity index (χ4n) is 8.28. The van der Waals surface area contributed by atoms with Crippen LogP contribution in [-0.2, 0) is 51.2 Å². The number of carboxylic acids is 1. The molecule has 2 fully saturated rings. The number of likely N-dealkylation sites (tertiary alicyclic amines) is 2. The lowest BCUT2D eigenvalue weighted by atomic mass is 10.0. The standard InChI is InChI=1S/C45H69N13O10/c1-25(2)19-29(46)37(60)53-31(21-28-22-49-24-51-28)39(62)55-33(23-59)40(63)52-30(13-8-16-50-45(47)48)38(61)56-36(26(3)4)43(66)57-17-9-14-34(57)41(64)54-32(20-27-11-6-5-7-12-27)42(65)58-18-10-15-35(58)44(67)68/h5-7,11-12,22,24-26,29-36,59H,8-10,13-21,23,46H2,1-4H3,(H,49,51)(H,52,63)(H,53,60)(H,54,64)(H,55,62)(H,56,61)(H,67,68)(H4,47,48,50)/t29-,30-,31-,32-,33-,34-,35-,36-/m0/s1. The van der Waals surface area contributed by atoms with Gasteiger partial charge in [-0.1, -0.05) is 58.0 Å². The number of imidazole rings is 1. The van der Waals surface area contributed by atoms with Crippen molar-refractivity contribution in [3.05, 3.63) is 54.1 Å². The van der Waals surface area contributed by atoms with Gasteiger partial charge in [0.2, 0.25) is 41.4 Å². The summed E-state index contributed by atoms with van der Waals surface area (Å²) in [6.45, 7) is 6.69. The summed E-state index contributed by atoms with van der Waals surface area (Å²) >= 11 is 0. The molecule has 0 aliphatic carbocycles. The zero-order chi connectivity index (χ0) is 50.1. The number of aliphatic carboxylic acids is 1. The van der Waals surface area contributed by atoms with Crippen LogP contribution in [0.2, 0.25) is 0 Å². The summed E-state index contributed by atoms with van der Waals surface area (Å²) in [4.78, 5) is 122. The molecular weight excluding hydrogens is 883 g/mol. The smallest absolute Gasteiger partial charge is 0.326 e. The highest BCUT2D eigenvalue weighted by atomic mass is 16.4. The highest BCUT2D eigenvalue weighted by Gasteiger charge is 2.43. The molecule has 0 bridgehead atoms. The minimum atomic E-state index is -1.61. The largest absolute Gasteiger partial charge is 0.480 e. The fourth-order valence-corrected chi connectivity index (χ4v) is 8.28. The van der Waals surface area contributed by atoms with Crippen molar-refractivity contribution in [2.24, 2.45) is 34.0 Å². The Balaban J connectivity index is 1.51. The van der Waals surface area contributed by atoms with Crippen molar-refractivity contribution in [2.45, 2.75) is 134 Å². The third-order valence-corrected chi connectivity index (χ3v) is 11.9. The molecule has 2 aliphatic heterocycles. The third-order valence-electron chi connectivity index (χ3n) is 11.9. The molecule has 0 saturated carbocycles. The second kappa shape index (κ2) is 26.1. The van der Waals surface area contributed by atoms with E-state index in [1.807, 2.05) is 13.8 Å². The number of aromatic nitrogens is 2. The number of hydrogen-bond acceptors (Lipinski definition) is 12. The van der Waals surface area contributed by atoms with E-state index in [1.165, 1.54) is 22.3 Å². The van der Waals surface area contributed by atoms with E-state index in [1.54, 1.807) is 44.2 Å². The fraction of sp³-hybridized carbons (Fsp3) is 0.600. The van der Waals surface area contributed by atoms with Crippen LogP contribution in [0.1, 0.15) is 83.9 Å². The minimum absolute atomic E-state index is 0.0585. The first-order valence-corrected chi connectivity index (χ1v) is 23.1. The number of hydrogen-bond donors (Lipinski definition) is 11. The number of rotatable bonds is 25. The van der Waals surface area contributed by atoms with E-state index in [-0.39, 0.29) is 70.0 Å². The number of nitrogens with zero attached hydrogens (tertiary/aromatic N) is 4. The van der Waals surface area contributed by atoms with E-state index in [0.717, 1.165) is 5.56 Å². The molecule has 8 atom stereocenters. The molecule has 2 aromatic rings. The molecule has 2 aliphatic rings. The number of amides is 7. The van der Waals surface area contributed by atoms with E-state index >= 15 is 0 Å². The predicted molar refractivity (Wildman–Crippen MR) is 248 cm³/mol. The molecule has 7 amide bonds. The van der Waals surface area contributed by atoms with E-state index in [2.05, 4.69) is 41.5 Å². The number of nitrogens with two attached hydrogens (primary N) is 3. The summed E-state index contributed by atoms with van der Waals surface area (Å²) in [5, 5.41) is 33.3. The molecule has 0 radical (unpaired) electrons. The van der Waals surface area contributed by atoms with Gasteiger partial charge in [0.15, 0.2) is 5.96 Å². The summed E-state index contributed by atoms with van der Waals surface area (Å²) in [7, 11) is 0. The lowest BCUT2D eigenvalue weighted by Crippen LogP contribution is -2.61. The second-order valence-corrected chi connectivity index (χ2v) is 18.0. The third kappa shape index (κ3) is 15.7. The van der Waals surface area contributed by atoms with Crippen molar-refractivity contribution >= 4 is 53.3 Å². The van der Waals surface area contributed by atoms with Crippen LogP contribution in [-0.4, -0.2) is 158 Å². The number of nitrogens with one attached hydrogen (secondary N) is 6. The predicted octanol–water partition coefficient (Wildman–Crippen LogP) is -2.24. The molecule has 1 aromatic carbocycles.